The zero-order valence-corrected chi connectivity index (χ0v) is 11.4. The molecule has 0 aliphatic carbocycles. The molecule has 1 aromatic heterocycles. The second kappa shape index (κ2) is 7.10. The number of hydrogen-bond donors (Lipinski definition) is 1. The summed E-state index contributed by atoms with van der Waals surface area (Å²) in [5, 5.41) is 0. The fourth-order valence-electron chi connectivity index (χ4n) is 1.77. The highest BCUT2D eigenvalue weighted by Gasteiger charge is 1.91. The van der Waals surface area contributed by atoms with Gasteiger partial charge in [-0.05, 0) is 24.1 Å². The monoisotopic (exact) mass is 263 g/mol. The Morgan fingerprint density at radius 3 is 1.55 bits per heavy atom. The normalized spacial score (nSPS) is 9.45. The third-order valence-electron chi connectivity index (χ3n) is 2.90. The van der Waals surface area contributed by atoms with Crippen molar-refractivity contribution in [2.24, 2.45) is 0 Å². The van der Waals surface area contributed by atoms with Crippen LogP contribution in [0.1, 0.15) is 5.56 Å². The summed E-state index contributed by atoms with van der Waals surface area (Å²) in [5.74, 6) is 0. The van der Waals surface area contributed by atoms with Crippen LogP contribution in [0.2, 0.25) is 0 Å². The van der Waals surface area contributed by atoms with E-state index in [-0.39, 0.29) is 5.56 Å². The smallest absolute Gasteiger partial charge is 0.250 e. The van der Waals surface area contributed by atoms with E-state index < -0.39 is 0 Å². The van der Waals surface area contributed by atoms with Crippen molar-refractivity contribution in [3.05, 3.63) is 94.9 Å². The van der Waals surface area contributed by atoms with Crippen molar-refractivity contribution < 1.29 is 0 Å². The topological polar surface area (TPSA) is 32.9 Å². The number of pyridine rings is 1. The molecule has 20 heavy (non-hydrogen) atoms. The summed E-state index contributed by atoms with van der Waals surface area (Å²) in [5.41, 5.74) is 3.30. The Bertz CT molecular complexity index is 650. The van der Waals surface area contributed by atoms with Crippen molar-refractivity contribution >= 4 is 0 Å². The van der Waals surface area contributed by atoms with Gasteiger partial charge in [0, 0.05) is 11.8 Å². The van der Waals surface area contributed by atoms with E-state index in [1.165, 1.54) is 11.1 Å². The maximum atomic E-state index is 10.6. The molecular formula is C18H17NO. The number of aryl methyl sites for hydroxylation is 1. The van der Waals surface area contributed by atoms with Crippen molar-refractivity contribution in [2.75, 3.05) is 0 Å². The van der Waals surface area contributed by atoms with Crippen LogP contribution < -0.4 is 5.56 Å². The minimum absolute atomic E-state index is 0.00694. The van der Waals surface area contributed by atoms with Gasteiger partial charge in [-0.2, -0.15) is 0 Å². The predicted octanol–water partition coefficient (Wildman–Crippen LogP) is 4.04. The number of nitrogens with one attached hydrogen (secondary N) is 1. The van der Waals surface area contributed by atoms with E-state index in [2.05, 4.69) is 53.5 Å². The Labute approximate surface area is 118 Å². The summed E-state index contributed by atoms with van der Waals surface area (Å²) in [6.45, 7) is 1.78. The second-order valence-electron chi connectivity index (χ2n) is 4.41. The lowest BCUT2D eigenvalue weighted by molar-refractivity contribution is 1.18. The van der Waals surface area contributed by atoms with E-state index in [1.54, 1.807) is 25.3 Å². The molecule has 1 N–H and O–H groups in total. The van der Waals surface area contributed by atoms with Crippen LogP contribution in [0.15, 0.2) is 83.8 Å². The molecule has 0 atom stereocenters. The molecule has 0 unspecified atom stereocenters. The Hall–Kier alpha value is -2.61. The number of benzene rings is 2. The van der Waals surface area contributed by atoms with Gasteiger partial charge >= 0.3 is 0 Å². The van der Waals surface area contributed by atoms with Crippen molar-refractivity contribution in [1.29, 1.82) is 0 Å². The van der Waals surface area contributed by atoms with Crippen LogP contribution in [0.3, 0.4) is 0 Å². The van der Waals surface area contributed by atoms with Crippen molar-refractivity contribution in [2.45, 2.75) is 6.92 Å². The van der Waals surface area contributed by atoms with Crippen LogP contribution in [-0.2, 0) is 0 Å². The molecule has 2 heteroatoms. The minimum atomic E-state index is -0.00694. The first-order valence-corrected chi connectivity index (χ1v) is 6.52. The van der Waals surface area contributed by atoms with Crippen LogP contribution in [0, 0.1) is 6.92 Å². The van der Waals surface area contributed by atoms with E-state index in [1.807, 2.05) is 12.1 Å². The summed E-state index contributed by atoms with van der Waals surface area (Å²) in [6, 6.07) is 24.4. The van der Waals surface area contributed by atoms with Gasteiger partial charge in [-0.1, -0.05) is 66.7 Å². The van der Waals surface area contributed by atoms with Gasteiger partial charge in [0.25, 0.3) is 5.56 Å². The van der Waals surface area contributed by atoms with Crippen LogP contribution in [0.25, 0.3) is 11.1 Å². The number of H-pyrrole nitrogens is 1. The molecule has 3 rings (SSSR count). The molecule has 0 saturated carbocycles. The quantitative estimate of drug-likeness (QED) is 0.706. The maximum absolute atomic E-state index is 10.6. The van der Waals surface area contributed by atoms with Crippen LogP contribution in [0.4, 0.5) is 0 Å². The second-order valence-corrected chi connectivity index (χ2v) is 4.41. The molecule has 0 amide bonds. The summed E-state index contributed by atoms with van der Waals surface area (Å²) < 4.78 is 0. The molecule has 1 heterocycles. The van der Waals surface area contributed by atoms with Gasteiger partial charge in [0.1, 0.15) is 0 Å². The lowest BCUT2D eigenvalue weighted by atomic mass is 10.1. The van der Waals surface area contributed by atoms with Gasteiger partial charge < -0.3 is 4.98 Å². The van der Waals surface area contributed by atoms with Gasteiger partial charge in [-0.25, -0.2) is 0 Å². The summed E-state index contributed by atoms with van der Waals surface area (Å²) >= 11 is 0. The predicted molar refractivity (Wildman–Crippen MR) is 83.7 cm³/mol. The van der Waals surface area contributed by atoms with E-state index in [0.29, 0.717) is 0 Å². The largest absolute Gasteiger partial charge is 0.329 e. The van der Waals surface area contributed by atoms with E-state index in [4.69, 9.17) is 0 Å². The molecule has 2 nitrogen and oxygen atoms in total. The molecule has 100 valence electrons. The molecule has 0 aliphatic rings. The summed E-state index contributed by atoms with van der Waals surface area (Å²) in [4.78, 5) is 13.1. The Morgan fingerprint density at radius 1 is 0.700 bits per heavy atom. The SMILES string of the molecule is Cc1ccc[nH]c1=O.c1ccc(-c2ccccc2)cc1. The zero-order valence-electron chi connectivity index (χ0n) is 11.4. The molecular weight excluding hydrogens is 246 g/mol. The lowest BCUT2D eigenvalue weighted by Gasteiger charge is -1.98. The number of aromatic amines is 1. The van der Waals surface area contributed by atoms with Gasteiger partial charge in [-0.3, -0.25) is 4.79 Å². The van der Waals surface area contributed by atoms with Gasteiger partial charge in [0.15, 0.2) is 0 Å². The Balaban J connectivity index is 0.000000160. The zero-order chi connectivity index (χ0) is 14.2. The molecule has 0 radical (unpaired) electrons. The first-order valence-electron chi connectivity index (χ1n) is 6.52. The minimum Gasteiger partial charge on any atom is -0.329 e. The van der Waals surface area contributed by atoms with Crippen LogP contribution >= 0.6 is 0 Å². The van der Waals surface area contributed by atoms with Gasteiger partial charge in [0.2, 0.25) is 0 Å². The third-order valence-corrected chi connectivity index (χ3v) is 2.90. The highest BCUT2D eigenvalue weighted by Crippen LogP contribution is 2.17. The molecule has 0 spiro atoms. The highest BCUT2D eigenvalue weighted by molar-refractivity contribution is 5.62. The molecule has 3 aromatic rings. The van der Waals surface area contributed by atoms with E-state index in [0.717, 1.165) is 5.56 Å². The average Bonchev–Trinajstić information content (AvgIpc) is 2.53. The first-order chi connectivity index (χ1) is 9.77. The fourth-order valence-corrected chi connectivity index (χ4v) is 1.77. The standard InChI is InChI=1S/C12H10.C6H7NO/c1-3-7-11(8-4-1)12-9-5-2-6-10-12;1-5-3-2-4-7-6(5)8/h1-10H;2-4H,1H3,(H,7,8). The molecule has 0 saturated heterocycles. The summed E-state index contributed by atoms with van der Waals surface area (Å²) in [6.07, 6.45) is 1.62. The van der Waals surface area contributed by atoms with Crippen molar-refractivity contribution in [3.63, 3.8) is 0 Å². The van der Waals surface area contributed by atoms with Crippen LogP contribution in [0.5, 0.6) is 0 Å². The van der Waals surface area contributed by atoms with Crippen molar-refractivity contribution in [3.8, 4) is 11.1 Å². The first kappa shape index (κ1) is 13.8. The fraction of sp³-hybridized carbons (Fsp3) is 0.0556. The number of aromatic nitrogens is 1. The molecule has 0 aliphatic heterocycles. The highest BCUT2D eigenvalue weighted by atomic mass is 16.1. The molecule has 0 fully saturated rings. The maximum Gasteiger partial charge on any atom is 0.250 e. The molecule has 2 aromatic carbocycles. The average molecular weight is 263 g/mol. The summed E-state index contributed by atoms with van der Waals surface area (Å²) in [7, 11) is 0. The number of hydrogen-bond acceptors (Lipinski definition) is 1. The van der Waals surface area contributed by atoms with E-state index in [9.17, 15) is 4.79 Å². The Kier molecular flexibility index (Phi) is 4.90. The third kappa shape index (κ3) is 3.95. The lowest BCUT2D eigenvalue weighted by Crippen LogP contribution is -2.06. The van der Waals surface area contributed by atoms with Crippen LogP contribution in [-0.4, -0.2) is 4.98 Å². The van der Waals surface area contributed by atoms with Crippen molar-refractivity contribution in [1.82, 2.24) is 4.98 Å². The van der Waals surface area contributed by atoms with Gasteiger partial charge in [-0.15, -0.1) is 0 Å². The number of rotatable bonds is 1. The van der Waals surface area contributed by atoms with E-state index >= 15 is 0 Å². The van der Waals surface area contributed by atoms with Gasteiger partial charge in [0.05, 0.1) is 0 Å². The Morgan fingerprint density at radius 2 is 1.20 bits per heavy atom. The molecule has 0 bridgehead atoms.